The SMILES string of the molecule is O=C(O)CCc1ccc(-c2ncco2)cc1. The van der Waals surface area contributed by atoms with Crippen LogP contribution in [0.2, 0.25) is 0 Å². The number of carboxylic acid groups (broad SMARTS) is 1. The van der Waals surface area contributed by atoms with Crippen molar-refractivity contribution in [1.82, 2.24) is 4.98 Å². The monoisotopic (exact) mass is 217 g/mol. The van der Waals surface area contributed by atoms with Crippen molar-refractivity contribution in [3.8, 4) is 11.5 Å². The minimum absolute atomic E-state index is 0.151. The van der Waals surface area contributed by atoms with Crippen LogP contribution in [0, 0.1) is 0 Å². The Balaban J connectivity index is 2.08. The van der Waals surface area contributed by atoms with Crippen LogP contribution in [0.1, 0.15) is 12.0 Å². The first-order valence-electron chi connectivity index (χ1n) is 4.96. The van der Waals surface area contributed by atoms with E-state index in [9.17, 15) is 4.79 Å². The third kappa shape index (κ3) is 2.48. The standard InChI is InChI=1S/C12H11NO3/c14-11(15)6-3-9-1-4-10(5-2-9)12-13-7-8-16-12/h1-2,4-5,7-8H,3,6H2,(H,14,15). The summed E-state index contributed by atoms with van der Waals surface area (Å²) in [4.78, 5) is 14.4. The van der Waals surface area contributed by atoms with Crippen molar-refractivity contribution in [2.45, 2.75) is 12.8 Å². The molecule has 0 radical (unpaired) electrons. The quantitative estimate of drug-likeness (QED) is 0.853. The molecule has 0 spiro atoms. The van der Waals surface area contributed by atoms with Crippen molar-refractivity contribution in [2.75, 3.05) is 0 Å². The van der Waals surface area contributed by atoms with Crippen molar-refractivity contribution in [2.24, 2.45) is 0 Å². The molecule has 16 heavy (non-hydrogen) atoms. The summed E-state index contributed by atoms with van der Waals surface area (Å²) in [6.07, 6.45) is 3.81. The van der Waals surface area contributed by atoms with Crippen LogP contribution in [-0.4, -0.2) is 16.1 Å². The fourth-order valence-electron chi connectivity index (χ4n) is 1.43. The van der Waals surface area contributed by atoms with E-state index in [1.54, 1.807) is 6.20 Å². The van der Waals surface area contributed by atoms with E-state index >= 15 is 0 Å². The van der Waals surface area contributed by atoms with Gasteiger partial charge in [-0.2, -0.15) is 0 Å². The van der Waals surface area contributed by atoms with Gasteiger partial charge in [0.1, 0.15) is 6.26 Å². The van der Waals surface area contributed by atoms with E-state index in [4.69, 9.17) is 9.52 Å². The molecule has 4 nitrogen and oxygen atoms in total. The Labute approximate surface area is 92.6 Å². The van der Waals surface area contributed by atoms with Crippen LogP contribution in [-0.2, 0) is 11.2 Å². The first-order chi connectivity index (χ1) is 7.75. The van der Waals surface area contributed by atoms with Gasteiger partial charge in [0.25, 0.3) is 0 Å². The van der Waals surface area contributed by atoms with Gasteiger partial charge in [-0.1, -0.05) is 12.1 Å². The summed E-state index contributed by atoms with van der Waals surface area (Å²) in [6.45, 7) is 0. The number of carboxylic acids is 1. The normalized spacial score (nSPS) is 10.2. The Hall–Kier alpha value is -2.10. The van der Waals surface area contributed by atoms with E-state index in [1.807, 2.05) is 24.3 Å². The number of hydrogen-bond acceptors (Lipinski definition) is 3. The lowest BCUT2D eigenvalue weighted by atomic mass is 10.1. The van der Waals surface area contributed by atoms with Gasteiger partial charge in [-0.15, -0.1) is 0 Å². The summed E-state index contributed by atoms with van der Waals surface area (Å²) < 4.78 is 5.15. The molecule has 0 saturated heterocycles. The minimum atomic E-state index is -0.781. The Morgan fingerprint density at radius 2 is 2.06 bits per heavy atom. The summed E-state index contributed by atoms with van der Waals surface area (Å²) in [7, 11) is 0. The van der Waals surface area contributed by atoms with Crippen LogP contribution < -0.4 is 0 Å². The van der Waals surface area contributed by atoms with Crippen LogP contribution in [0.25, 0.3) is 11.5 Å². The molecule has 0 atom stereocenters. The lowest BCUT2D eigenvalue weighted by molar-refractivity contribution is -0.136. The molecular formula is C12H11NO3. The Bertz CT molecular complexity index is 460. The maximum atomic E-state index is 10.4. The molecule has 1 N–H and O–H groups in total. The number of oxazole rings is 1. The largest absolute Gasteiger partial charge is 0.481 e. The second-order valence-electron chi connectivity index (χ2n) is 3.43. The zero-order valence-corrected chi connectivity index (χ0v) is 8.59. The van der Waals surface area contributed by atoms with E-state index in [1.165, 1.54) is 6.26 Å². The van der Waals surface area contributed by atoms with Crippen molar-refractivity contribution < 1.29 is 14.3 Å². The van der Waals surface area contributed by atoms with Crippen LogP contribution in [0.5, 0.6) is 0 Å². The average molecular weight is 217 g/mol. The predicted molar refractivity (Wildman–Crippen MR) is 57.9 cm³/mol. The Morgan fingerprint density at radius 1 is 1.31 bits per heavy atom. The molecule has 4 heteroatoms. The third-order valence-electron chi connectivity index (χ3n) is 2.26. The molecule has 0 fully saturated rings. The van der Waals surface area contributed by atoms with Gasteiger partial charge in [0.15, 0.2) is 0 Å². The molecule has 0 saturated carbocycles. The molecule has 1 aromatic carbocycles. The summed E-state index contributed by atoms with van der Waals surface area (Å²) in [5.41, 5.74) is 1.89. The summed E-state index contributed by atoms with van der Waals surface area (Å²) >= 11 is 0. The molecule has 0 amide bonds. The van der Waals surface area contributed by atoms with Gasteiger partial charge >= 0.3 is 5.97 Å². The van der Waals surface area contributed by atoms with Gasteiger partial charge < -0.3 is 9.52 Å². The zero-order valence-electron chi connectivity index (χ0n) is 8.59. The zero-order chi connectivity index (χ0) is 11.4. The van der Waals surface area contributed by atoms with Crippen LogP contribution in [0.15, 0.2) is 41.1 Å². The topological polar surface area (TPSA) is 63.3 Å². The first kappa shape index (κ1) is 10.4. The highest BCUT2D eigenvalue weighted by atomic mass is 16.4. The van der Waals surface area contributed by atoms with Crippen molar-refractivity contribution in [3.05, 3.63) is 42.3 Å². The average Bonchev–Trinajstić information content (AvgIpc) is 2.80. The molecule has 1 aromatic heterocycles. The highest BCUT2D eigenvalue weighted by Gasteiger charge is 2.03. The highest BCUT2D eigenvalue weighted by Crippen LogP contribution is 2.17. The third-order valence-corrected chi connectivity index (χ3v) is 2.26. The second kappa shape index (κ2) is 4.61. The number of hydrogen-bond donors (Lipinski definition) is 1. The number of nitrogens with zero attached hydrogens (tertiary/aromatic N) is 1. The maximum Gasteiger partial charge on any atom is 0.303 e. The molecular weight excluding hydrogens is 206 g/mol. The van der Waals surface area contributed by atoms with Crippen molar-refractivity contribution in [3.63, 3.8) is 0 Å². The van der Waals surface area contributed by atoms with E-state index < -0.39 is 5.97 Å². The first-order valence-corrected chi connectivity index (χ1v) is 4.96. The van der Waals surface area contributed by atoms with Gasteiger partial charge in [-0.05, 0) is 24.1 Å². The predicted octanol–water partition coefficient (Wildman–Crippen LogP) is 2.36. The molecule has 0 aliphatic heterocycles. The van der Waals surface area contributed by atoms with Gasteiger partial charge in [0, 0.05) is 12.0 Å². The second-order valence-corrected chi connectivity index (χ2v) is 3.43. The number of carbonyl (C=O) groups is 1. The fraction of sp³-hybridized carbons (Fsp3) is 0.167. The minimum Gasteiger partial charge on any atom is -0.481 e. The summed E-state index contributed by atoms with van der Waals surface area (Å²) in [5, 5.41) is 8.55. The summed E-state index contributed by atoms with van der Waals surface area (Å²) in [5.74, 6) is -0.207. The smallest absolute Gasteiger partial charge is 0.303 e. The Morgan fingerprint density at radius 3 is 2.62 bits per heavy atom. The molecule has 0 aliphatic rings. The van der Waals surface area contributed by atoms with E-state index in [0.717, 1.165) is 11.1 Å². The van der Waals surface area contributed by atoms with Crippen molar-refractivity contribution >= 4 is 5.97 Å². The molecule has 0 unspecified atom stereocenters. The highest BCUT2D eigenvalue weighted by molar-refractivity contribution is 5.67. The Kier molecular flexibility index (Phi) is 3.00. The van der Waals surface area contributed by atoms with E-state index in [0.29, 0.717) is 12.3 Å². The van der Waals surface area contributed by atoms with E-state index in [-0.39, 0.29) is 6.42 Å². The lowest BCUT2D eigenvalue weighted by Gasteiger charge is -2.00. The maximum absolute atomic E-state index is 10.4. The van der Waals surface area contributed by atoms with Gasteiger partial charge in [0.05, 0.1) is 6.20 Å². The summed E-state index contributed by atoms with van der Waals surface area (Å²) in [6, 6.07) is 7.54. The van der Waals surface area contributed by atoms with Crippen LogP contribution >= 0.6 is 0 Å². The number of aryl methyl sites for hydroxylation is 1. The fourth-order valence-corrected chi connectivity index (χ4v) is 1.43. The van der Waals surface area contributed by atoms with Gasteiger partial charge in [0.2, 0.25) is 5.89 Å². The molecule has 2 aromatic rings. The number of aliphatic carboxylic acids is 1. The van der Waals surface area contributed by atoms with E-state index in [2.05, 4.69) is 4.98 Å². The van der Waals surface area contributed by atoms with Crippen LogP contribution in [0.3, 0.4) is 0 Å². The molecule has 0 bridgehead atoms. The molecule has 1 heterocycles. The number of rotatable bonds is 4. The number of benzene rings is 1. The van der Waals surface area contributed by atoms with Gasteiger partial charge in [-0.25, -0.2) is 4.98 Å². The molecule has 82 valence electrons. The van der Waals surface area contributed by atoms with Crippen LogP contribution in [0.4, 0.5) is 0 Å². The molecule has 0 aliphatic carbocycles. The number of aromatic nitrogens is 1. The molecule has 2 rings (SSSR count). The van der Waals surface area contributed by atoms with Gasteiger partial charge in [-0.3, -0.25) is 4.79 Å². The lowest BCUT2D eigenvalue weighted by Crippen LogP contribution is -1.97. The van der Waals surface area contributed by atoms with Crippen molar-refractivity contribution in [1.29, 1.82) is 0 Å².